The molecule has 0 radical (unpaired) electrons. The molecule has 1 aliphatic carbocycles. The number of carbonyl (C=O) groups excluding carboxylic acids is 2. The first-order chi connectivity index (χ1) is 14.0. The maximum absolute atomic E-state index is 12.8. The van der Waals surface area contributed by atoms with Crippen molar-refractivity contribution in [2.24, 2.45) is 0 Å². The van der Waals surface area contributed by atoms with Crippen molar-refractivity contribution in [1.29, 1.82) is 0 Å². The monoisotopic (exact) mass is 389 g/mol. The molecule has 1 aromatic heterocycles. The van der Waals surface area contributed by atoms with Gasteiger partial charge in [0.1, 0.15) is 5.60 Å². The summed E-state index contributed by atoms with van der Waals surface area (Å²) in [6, 6.07) is 16.0. The maximum atomic E-state index is 12.8. The summed E-state index contributed by atoms with van der Waals surface area (Å²) in [4.78, 5) is 31.8. The molecule has 5 rings (SSSR count). The lowest BCUT2D eigenvalue weighted by atomic mass is 10.0. The molecule has 6 nitrogen and oxygen atoms in total. The van der Waals surface area contributed by atoms with Crippen LogP contribution in [0.2, 0.25) is 0 Å². The fraction of sp³-hybridized carbons (Fsp3) is 0.304. The Kier molecular flexibility index (Phi) is 4.17. The molecule has 1 aliphatic heterocycles. The number of benzene rings is 2. The Hall–Kier alpha value is -3.12. The van der Waals surface area contributed by atoms with Crippen LogP contribution in [0.25, 0.3) is 22.0 Å². The lowest BCUT2D eigenvalue weighted by molar-refractivity contribution is -0.143. The average Bonchev–Trinajstić information content (AvgIpc) is 3.34. The summed E-state index contributed by atoms with van der Waals surface area (Å²) in [5.41, 5.74) is 2.77. The molecule has 29 heavy (non-hydrogen) atoms. The first-order valence-corrected chi connectivity index (χ1v) is 10.0. The zero-order valence-electron chi connectivity index (χ0n) is 16.1. The van der Waals surface area contributed by atoms with Crippen molar-refractivity contribution in [1.82, 2.24) is 14.8 Å². The molecular weight excluding hydrogens is 366 g/mol. The van der Waals surface area contributed by atoms with Gasteiger partial charge in [-0.1, -0.05) is 24.3 Å². The molecule has 0 spiro atoms. The standard InChI is InChI=1S/C23H23N3O3/c27-21(25-11-13-26(14-12-25)22(28)23(29)8-9-23)18-4-1-16(2-5-18)19-6-3-17-7-10-24-20(17)15-19/h1-7,10,15,24,29H,8-9,11-14H2. The zero-order valence-corrected chi connectivity index (χ0v) is 16.1. The quantitative estimate of drug-likeness (QED) is 0.723. The Labute approximate surface area is 168 Å². The van der Waals surface area contributed by atoms with Crippen molar-refractivity contribution in [3.05, 3.63) is 60.3 Å². The van der Waals surface area contributed by atoms with Gasteiger partial charge in [-0.05, 0) is 53.6 Å². The number of aromatic amines is 1. The number of hydrogen-bond acceptors (Lipinski definition) is 3. The van der Waals surface area contributed by atoms with Gasteiger partial charge in [-0.15, -0.1) is 0 Å². The van der Waals surface area contributed by atoms with Crippen molar-refractivity contribution >= 4 is 22.7 Å². The number of aromatic nitrogens is 1. The molecule has 2 heterocycles. The number of piperazine rings is 1. The molecule has 2 amide bonds. The number of hydrogen-bond donors (Lipinski definition) is 2. The van der Waals surface area contributed by atoms with Crippen LogP contribution < -0.4 is 0 Å². The van der Waals surface area contributed by atoms with E-state index in [1.807, 2.05) is 36.5 Å². The van der Waals surface area contributed by atoms with Crippen LogP contribution >= 0.6 is 0 Å². The summed E-state index contributed by atoms with van der Waals surface area (Å²) in [6.45, 7) is 1.93. The highest BCUT2D eigenvalue weighted by Gasteiger charge is 2.50. The van der Waals surface area contributed by atoms with Gasteiger partial charge in [0.15, 0.2) is 0 Å². The van der Waals surface area contributed by atoms with Gasteiger partial charge in [0, 0.05) is 43.5 Å². The van der Waals surface area contributed by atoms with Crippen LogP contribution in [0.5, 0.6) is 0 Å². The van der Waals surface area contributed by atoms with Crippen LogP contribution in [-0.2, 0) is 4.79 Å². The van der Waals surface area contributed by atoms with Crippen molar-refractivity contribution in [3.8, 4) is 11.1 Å². The Balaban J connectivity index is 1.25. The van der Waals surface area contributed by atoms with Gasteiger partial charge in [0.05, 0.1) is 0 Å². The van der Waals surface area contributed by atoms with E-state index < -0.39 is 5.60 Å². The third-order valence-electron chi connectivity index (χ3n) is 6.00. The third kappa shape index (κ3) is 3.29. The first kappa shape index (κ1) is 17.9. The second-order valence-electron chi connectivity index (χ2n) is 7.97. The molecule has 3 aromatic rings. The largest absolute Gasteiger partial charge is 0.380 e. The van der Waals surface area contributed by atoms with Gasteiger partial charge in [0.2, 0.25) is 0 Å². The van der Waals surface area contributed by atoms with Crippen molar-refractivity contribution in [2.45, 2.75) is 18.4 Å². The number of fused-ring (bicyclic) bond motifs is 1. The van der Waals surface area contributed by atoms with Crippen LogP contribution in [0.4, 0.5) is 0 Å². The number of amides is 2. The molecule has 148 valence electrons. The molecule has 1 saturated heterocycles. The lowest BCUT2D eigenvalue weighted by Crippen LogP contribution is -2.53. The number of aliphatic hydroxyl groups is 1. The Morgan fingerprint density at radius 1 is 0.862 bits per heavy atom. The second-order valence-corrected chi connectivity index (χ2v) is 7.97. The fourth-order valence-electron chi connectivity index (χ4n) is 3.95. The van der Waals surface area contributed by atoms with Crippen LogP contribution in [-0.4, -0.2) is 63.5 Å². The molecule has 0 unspecified atom stereocenters. The molecular formula is C23H23N3O3. The molecule has 1 saturated carbocycles. The minimum Gasteiger partial charge on any atom is -0.380 e. The number of nitrogens with zero attached hydrogens (tertiary/aromatic N) is 2. The van der Waals surface area contributed by atoms with E-state index in [9.17, 15) is 14.7 Å². The summed E-state index contributed by atoms with van der Waals surface area (Å²) < 4.78 is 0. The van der Waals surface area contributed by atoms with E-state index in [2.05, 4.69) is 23.2 Å². The van der Waals surface area contributed by atoms with Gasteiger partial charge >= 0.3 is 0 Å². The highest BCUT2D eigenvalue weighted by Crippen LogP contribution is 2.37. The molecule has 0 bridgehead atoms. The Morgan fingerprint density at radius 2 is 1.52 bits per heavy atom. The van der Waals surface area contributed by atoms with Crippen molar-refractivity contribution < 1.29 is 14.7 Å². The second kappa shape index (κ2) is 6.74. The van der Waals surface area contributed by atoms with E-state index in [1.165, 1.54) is 5.39 Å². The highest BCUT2D eigenvalue weighted by molar-refractivity contribution is 5.95. The lowest BCUT2D eigenvalue weighted by Gasteiger charge is -2.35. The predicted octanol–water partition coefficient (Wildman–Crippen LogP) is 2.64. The normalized spacial score (nSPS) is 18.1. The van der Waals surface area contributed by atoms with Gasteiger partial charge in [-0.2, -0.15) is 0 Å². The molecule has 2 aliphatic rings. The number of rotatable bonds is 3. The molecule has 2 N–H and O–H groups in total. The van der Waals surface area contributed by atoms with Crippen molar-refractivity contribution in [2.75, 3.05) is 26.2 Å². The molecule has 2 fully saturated rings. The predicted molar refractivity (Wildman–Crippen MR) is 110 cm³/mol. The van der Waals surface area contributed by atoms with Crippen LogP contribution in [0.15, 0.2) is 54.7 Å². The van der Waals surface area contributed by atoms with E-state index in [0.717, 1.165) is 16.6 Å². The third-order valence-corrected chi connectivity index (χ3v) is 6.00. The fourth-order valence-corrected chi connectivity index (χ4v) is 3.95. The van der Waals surface area contributed by atoms with Gasteiger partial charge in [-0.3, -0.25) is 9.59 Å². The SMILES string of the molecule is O=C(c1ccc(-c2ccc3cc[nH]c3c2)cc1)N1CCN(C(=O)C2(O)CC2)CC1. The minimum absolute atomic E-state index is 0.0198. The minimum atomic E-state index is -1.13. The Bertz CT molecular complexity index is 1070. The van der Waals surface area contributed by atoms with E-state index in [-0.39, 0.29) is 11.8 Å². The topological polar surface area (TPSA) is 76.6 Å². The van der Waals surface area contributed by atoms with Gasteiger partial charge in [0.25, 0.3) is 11.8 Å². The first-order valence-electron chi connectivity index (χ1n) is 10.0. The summed E-state index contributed by atoms with van der Waals surface area (Å²) in [7, 11) is 0. The van der Waals surface area contributed by atoms with Crippen molar-refractivity contribution in [3.63, 3.8) is 0 Å². The van der Waals surface area contributed by atoms with E-state index in [1.54, 1.807) is 9.80 Å². The Morgan fingerprint density at radius 3 is 2.21 bits per heavy atom. The number of H-pyrrole nitrogens is 1. The van der Waals surface area contributed by atoms with Gasteiger partial charge < -0.3 is 19.9 Å². The maximum Gasteiger partial charge on any atom is 0.254 e. The summed E-state index contributed by atoms with van der Waals surface area (Å²) in [5.74, 6) is -0.207. The van der Waals surface area contributed by atoms with Crippen LogP contribution in [0.3, 0.4) is 0 Å². The van der Waals surface area contributed by atoms with Crippen LogP contribution in [0.1, 0.15) is 23.2 Å². The zero-order chi connectivity index (χ0) is 20.0. The van der Waals surface area contributed by atoms with E-state index >= 15 is 0 Å². The molecule has 2 aromatic carbocycles. The summed E-state index contributed by atoms with van der Waals surface area (Å²) >= 11 is 0. The molecule has 6 heteroatoms. The summed E-state index contributed by atoms with van der Waals surface area (Å²) in [5, 5.41) is 11.2. The summed E-state index contributed by atoms with van der Waals surface area (Å²) in [6.07, 6.45) is 3.02. The number of carbonyl (C=O) groups is 2. The average molecular weight is 389 g/mol. The van der Waals surface area contributed by atoms with Crippen LogP contribution in [0, 0.1) is 0 Å². The number of nitrogens with one attached hydrogen (secondary N) is 1. The van der Waals surface area contributed by atoms with E-state index in [4.69, 9.17) is 0 Å². The van der Waals surface area contributed by atoms with E-state index in [0.29, 0.717) is 44.6 Å². The molecule has 0 atom stereocenters. The highest BCUT2D eigenvalue weighted by atomic mass is 16.3. The smallest absolute Gasteiger partial charge is 0.254 e. The van der Waals surface area contributed by atoms with Gasteiger partial charge in [-0.25, -0.2) is 0 Å².